The number of thiol groups is 1. The molecule has 108 valence electrons. The van der Waals surface area contributed by atoms with Gasteiger partial charge in [0.25, 0.3) is 0 Å². The van der Waals surface area contributed by atoms with Crippen molar-refractivity contribution in [2.75, 3.05) is 65.7 Å². The van der Waals surface area contributed by atoms with Gasteiger partial charge in [0.05, 0.1) is 52.0 Å². The third-order valence-electron chi connectivity index (χ3n) is 1.80. The lowest BCUT2D eigenvalue weighted by molar-refractivity contribution is -0.142. The van der Waals surface area contributed by atoms with E-state index in [-0.39, 0.29) is 18.3 Å². The van der Waals surface area contributed by atoms with Crippen molar-refractivity contribution in [3.63, 3.8) is 0 Å². The van der Waals surface area contributed by atoms with Gasteiger partial charge in [-0.2, -0.15) is 12.6 Å². The Hall–Kier alpha value is -0.340. The topological polar surface area (TPSA) is 63.2 Å². The summed E-state index contributed by atoms with van der Waals surface area (Å²) in [7, 11) is 1.63. The van der Waals surface area contributed by atoms with Gasteiger partial charge in [0.1, 0.15) is 6.61 Å². The highest BCUT2D eigenvalue weighted by Crippen LogP contribution is 1.85. The Balaban J connectivity index is 2.97. The van der Waals surface area contributed by atoms with Crippen molar-refractivity contribution >= 4 is 18.6 Å². The molecule has 6 nitrogen and oxygen atoms in total. The fourth-order valence-corrected chi connectivity index (χ4v) is 1.04. The molecule has 0 aliphatic rings. The zero-order valence-corrected chi connectivity index (χ0v) is 11.7. The van der Waals surface area contributed by atoms with Crippen LogP contribution in [0.5, 0.6) is 0 Å². The molecule has 0 saturated heterocycles. The smallest absolute Gasteiger partial charge is 0.315 e. The van der Waals surface area contributed by atoms with Crippen molar-refractivity contribution in [3.05, 3.63) is 0 Å². The Kier molecular flexibility index (Phi) is 14.4. The molecule has 0 atom stereocenters. The Bertz CT molecular complexity index is 190. The first-order chi connectivity index (χ1) is 8.81. The van der Waals surface area contributed by atoms with Crippen LogP contribution in [0.15, 0.2) is 0 Å². The first kappa shape index (κ1) is 17.7. The van der Waals surface area contributed by atoms with Gasteiger partial charge in [-0.1, -0.05) is 0 Å². The van der Waals surface area contributed by atoms with Crippen LogP contribution in [0.25, 0.3) is 0 Å². The highest BCUT2D eigenvalue weighted by Gasteiger charge is 1.97. The maximum absolute atomic E-state index is 10.7. The Labute approximate surface area is 113 Å². The Morgan fingerprint density at radius 1 is 0.833 bits per heavy atom. The van der Waals surface area contributed by atoms with Crippen LogP contribution in [0.2, 0.25) is 0 Å². The highest BCUT2D eigenvalue weighted by atomic mass is 32.1. The molecule has 0 aliphatic heterocycles. The maximum Gasteiger partial charge on any atom is 0.315 e. The van der Waals surface area contributed by atoms with E-state index in [1.54, 1.807) is 7.11 Å². The number of rotatable bonds is 13. The molecule has 0 heterocycles. The molecule has 0 aromatic carbocycles. The van der Waals surface area contributed by atoms with Gasteiger partial charge in [-0.3, -0.25) is 4.79 Å². The minimum absolute atomic E-state index is 0.0895. The Morgan fingerprint density at radius 2 is 1.28 bits per heavy atom. The third-order valence-corrected chi connectivity index (χ3v) is 2.05. The molecule has 0 rings (SSSR count). The number of methoxy groups -OCH3 is 1. The first-order valence-corrected chi connectivity index (χ1v) is 6.43. The summed E-state index contributed by atoms with van der Waals surface area (Å²) in [5, 5.41) is 0. The van der Waals surface area contributed by atoms with Gasteiger partial charge in [-0.05, 0) is 0 Å². The monoisotopic (exact) mass is 282 g/mol. The highest BCUT2D eigenvalue weighted by molar-refractivity contribution is 7.81. The molecule has 7 heteroatoms. The summed E-state index contributed by atoms with van der Waals surface area (Å²) in [4.78, 5) is 10.7. The van der Waals surface area contributed by atoms with Crippen LogP contribution in [0.4, 0.5) is 0 Å². The van der Waals surface area contributed by atoms with E-state index in [4.69, 9.17) is 23.7 Å². The van der Waals surface area contributed by atoms with Crippen molar-refractivity contribution in [1.82, 2.24) is 0 Å². The lowest BCUT2D eigenvalue weighted by atomic mass is 10.7. The quantitative estimate of drug-likeness (QED) is 0.295. The van der Waals surface area contributed by atoms with Crippen molar-refractivity contribution in [2.45, 2.75) is 0 Å². The van der Waals surface area contributed by atoms with E-state index >= 15 is 0 Å². The minimum atomic E-state index is -0.341. The first-order valence-electron chi connectivity index (χ1n) is 5.80. The van der Waals surface area contributed by atoms with Gasteiger partial charge in [0.2, 0.25) is 0 Å². The lowest BCUT2D eigenvalue weighted by Gasteiger charge is -2.07. The van der Waals surface area contributed by atoms with Crippen LogP contribution >= 0.6 is 12.6 Å². The second-order valence-electron chi connectivity index (χ2n) is 3.21. The summed E-state index contributed by atoms with van der Waals surface area (Å²) in [6.07, 6.45) is 0. The molecule has 0 amide bonds. The lowest BCUT2D eigenvalue weighted by Crippen LogP contribution is -2.14. The van der Waals surface area contributed by atoms with Crippen molar-refractivity contribution < 1.29 is 28.5 Å². The van der Waals surface area contributed by atoms with Crippen molar-refractivity contribution in [1.29, 1.82) is 0 Å². The number of carbonyl (C=O) groups is 1. The van der Waals surface area contributed by atoms with E-state index in [9.17, 15) is 4.79 Å². The summed E-state index contributed by atoms with van der Waals surface area (Å²) in [6, 6.07) is 0. The van der Waals surface area contributed by atoms with Crippen LogP contribution in [0.1, 0.15) is 0 Å². The molecule has 0 aromatic heterocycles. The molecule has 0 spiro atoms. The normalized spacial score (nSPS) is 10.6. The summed E-state index contributed by atoms with van der Waals surface area (Å²) in [5.74, 6) is -0.252. The van der Waals surface area contributed by atoms with Crippen LogP contribution in [-0.2, 0) is 28.5 Å². The molecule has 0 unspecified atom stereocenters. The largest absolute Gasteiger partial charge is 0.463 e. The van der Waals surface area contributed by atoms with E-state index in [0.29, 0.717) is 46.2 Å². The average molecular weight is 282 g/mol. The van der Waals surface area contributed by atoms with E-state index in [2.05, 4.69) is 12.6 Å². The number of hydrogen-bond acceptors (Lipinski definition) is 7. The summed E-state index contributed by atoms with van der Waals surface area (Å²) < 4.78 is 25.2. The molecule has 18 heavy (non-hydrogen) atoms. The fourth-order valence-electron chi connectivity index (χ4n) is 0.944. The molecular weight excluding hydrogens is 260 g/mol. The summed E-state index contributed by atoms with van der Waals surface area (Å²) >= 11 is 3.77. The van der Waals surface area contributed by atoms with Crippen molar-refractivity contribution in [3.8, 4) is 0 Å². The molecule has 0 aromatic rings. The number of hydrogen-bond donors (Lipinski definition) is 1. The van der Waals surface area contributed by atoms with E-state index in [1.807, 2.05) is 0 Å². The molecule has 0 fully saturated rings. The predicted octanol–water partition coefficient (Wildman–Crippen LogP) is 0.156. The van der Waals surface area contributed by atoms with Gasteiger partial charge in [-0.25, -0.2) is 0 Å². The van der Waals surface area contributed by atoms with Crippen LogP contribution < -0.4 is 0 Å². The van der Waals surface area contributed by atoms with Gasteiger partial charge in [0.15, 0.2) is 0 Å². The minimum Gasteiger partial charge on any atom is -0.463 e. The molecule has 0 aliphatic carbocycles. The fraction of sp³-hybridized carbons (Fsp3) is 0.909. The van der Waals surface area contributed by atoms with Gasteiger partial charge < -0.3 is 23.7 Å². The van der Waals surface area contributed by atoms with Crippen LogP contribution in [0.3, 0.4) is 0 Å². The predicted molar refractivity (Wildman–Crippen MR) is 69.1 cm³/mol. The SMILES string of the molecule is COCCOCCOCCOCCOC(=O)CS. The molecular formula is C11H22O6S. The second-order valence-corrected chi connectivity index (χ2v) is 3.52. The third kappa shape index (κ3) is 13.7. The summed E-state index contributed by atoms with van der Waals surface area (Å²) in [6.45, 7) is 3.82. The van der Waals surface area contributed by atoms with Gasteiger partial charge >= 0.3 is 5.97 Å². The number of carbonyl (C=O) groups excluding carboxylic acids is 1. The maximum atomic E-state index is 10.7. The molecule has 0 saturated carbocycles. The zero-order chi connectivity index (χ0) is 13.5. The average Bonchev–Trinajstić information content (AvgIpc) is 2.39. The summed E-state index contributed by atoms with van der Waals surface area (Å²) in [5.41, 5.74) is 0. The number of esters is 1. The Morgan fingerprint density at radius 3 is 1.72 bits per heavy atom. The van der Waals surface area contributed by atoms with Crippen molar-refractivity contribution in [2.24, 2.45) is 0 Å². The van der Waals surface area contributed by atoms with Gasteiger partial charge in [0, 0.05) is 7.11 Å². The standard InChI is InChI=1S/C11H22O6S/c1-13-2-3-14-4-5-15-6-7-16-8-9-17-11(12)10-18/h18H,2-10H2,1H3. The van der Waals surface area contributed by atoms with Crippen LogP contribution in [0, 0.1) is 0 Å². The molecule has 0 N–H and O–H groups in total. The second kappa shape index (κ2) is 14.7. The van der Waals surface area contributed by atoms with Crippen LogP contribution in [-0.4, -0.2) is 71.7 Å². The van der Waals surface area contributed by atoms with E-state index in [0.717, 1.165) is 0 Å². The molecule has 0 bridgehead atoms. The molecule has 0 radical (unpaired) electrons. The van der Waals surface area contributed by atoms with E-state index < -0.39 is 0 Å². The zero-order valence-electron chi connectivity index (χ0n) is 10.8. The van der Waals surface area contributed by atoms with E-state index in [1.165, 1.54) is 0 Å². The number of ether oxygens (including phenoxy) is 5. The van der Waals surface area contributed by atoms with Gasteiger partial charge in [-0.15, -0.1) is 0 Å².